The van der Waals surface area contributed by atoms with Crippen molar-refractivity contribution >= 4 is 12.1 Å². The lowest BCUT2D eigenvalue weighted by Gasteiger charge is -2.09. The van der Waals surface area contributed by atoms with Crippen LogP contribution in [-0.2, 0) is 9.53 Å². The zero-order valence-electron chi connectivity index (χ0n) is 7.32. The second-order valence-electron chi connectivity index (χ2n) is 2.42. The summed E-state index contributed by atoms with van der Waals surface area (Å²) in [4.78, 5) is 21.0. The molecular formula is C7H13NO5. The van der Waals surface area contributed by atoms with Gasteiger partial charge in [0.05, 0.1) is 6.61 Å². The molecule has 13 heavy (non-hydrogen) atoms. The van der Waals surface area contributed by atoms with Crippen LogP contribution in [-0.4, -0.2) is 41.5 Å². The predicted octanol–water partition coefficient (Wildman–Crippen LogP) is -0.432. The number of aliphatic carboxylic acids is 1. The van der Waals surface area contributed by atoms with E-state index in [0.717, 1.165) is 0 Å². The zero-order chi connectivity index (χ0) is 10.3. The van der Waals surface area contributed by atoms with Crippen molar-refractivity contribution in [3.8, 4) is 0 Å². The molecule has 0 aromatic heterocycles. The molecule has 0 fully saturated rings. The Kier molecular flexibility index (Phi) is 5.62. The number of aliphatic hydroxyl groups is 1. The lowest BCUT2D eigenvalue weighted by atomic mass is 10.3. The second-order valence-corrected chi connectivity index (χ2v) is 2.42. The molecule has 0 saturated carbocycles. The summed E-state index contributed by atoms with van der Waals surface area (Å²) in [6, 6.07) is -0.971. The standard InChI is InChI=1S/C7H13NO5/c1-5(6(10)11)8-7(12)13-4-2-3-9/h5,9H,2-4H2,1H3,(H,8,12)(H,10,11)/t5-/m0/s1. The molecule has 0 aliphatic rings. The molecule has 0 aliphatic carbocycles. The van der Waals surface area contributed by atoms with Gasteiger partial charge in [0.2, 0.25) is 0 Å². The Balaban J connectivity index is 3.56. The van der Waals surface area contributed by atoms with Crippen LogP contribution in [0.3, 0.4) is 0 Å². The number of carbonyl (C=O) groups is 2. The van der Waals surface area contributed by atoms with Crippen molar-refractivity contribution in [3.63, 3.8) is 0 Å². The van der Waals surface area contributed by atoms with Crippen molar-refractivity contribution in [2.24, 2.45) is 0 Å². The number of alkyl carbamates (subject to hydrolysis) is 1. The molecule has 6 nitrogen and oxygen atoms in total. The molecule has 3 N–H and O–H groups in total. The molecule has 1 atom stereocenters. The smallest absolute Gasteiger partial charge is 0.407 e. The van der Waals surface area contributed by atoms with Gasteiger partial charge in [-0.15, -0.1) is 0 Å². The minimum absolute atomic E-state index is 0.0677. The monoisotopic (exact) mass is 191 g/mol. The molecule has 0 saturated heterocycles. The number of rotatable bonds is 5. The van der Waals surface area contributed by atoms with E-state index in [1.54, 1.807) is 0 Å². The molecule has 0 aliphatic heterocycles. The van der Waals surface area contributed by atoms with Gasteiger partial charge in [0.25, 0.3) is 0 Å². The molecule has 76 valence electrons. The first-order valence-electron chi connectivity index (χ1n) is 3.85. The third-order valence-corrected chi connectivity index (χ3v) is 1.24. The third kappa shape index (κ3) is 5.92. The highest BCUT2D eigenvalue weighted by Gasteiger charge is 2.13. The second kappa shape index (κ2) is 6.24. The Hall–Kier alpha value is -1.30. The van der Waals surface area contributed by atoms with E-state index in [9.17, 15) is 9.59 Å². The number of hydrogen-bond acceptors (Lipinski definition) is 4. The van der Waals surface area contributed by atoms with Gasteiger partial charge in [-0.05, 0) is 6.92 Å². The minimum Gasteiger partial charge on any atom is -0.480 e. The third-order valence-electron chi connectivity index (χ3n) is 1.24. The highest BCUT2D eigenvalue weighted by molar-refractivity contribution is 5.79. The van der Waals surface area contributed by atoms with E-state index in [1.165, 1.54) is 6.92 Å². The van der Waals surface area contributed by atoms with Crippen LogP contribution in [0.2, 0.25) is 0 Å². The quantitative estimate of drug-likeness (QED) is 0.512. The van der Waals surface area contributed by atoms with E-state index < -0.39 is 18.1 Å². The fourth-order valence-corrected chi connectivity index (χ4v) is 0.510. The molecule has 0 aromatic rings. The average molecular weight is 191 g/mol. The summed E-state index contributed by atoms with van der Waals surface area (Å²) in [6.45, 7) is 1.34. The van der Waals surface area contributed by atoms with Crippen LogP contribution < -0.4 is 5.32 Å². The summed E-state index contributed by atoms with van der Waals surface area (Å²) in [5, 5.41) is 18.8. The summed E-state index contributed by atoms with van der Waals surface area (Å²) >= 11 is 0. The number of ether oxygens (including phenoxy) is 1. The summed E-state index contributed by atoms with van der Waals surface area (Å²) < 4.78 is 4.53. The highest BCUT2D eigenvalue weighted by atomic mass is 16.5. The van der Waals surface area contributed by atoms with Crippen LogP contribution in [0.5, 0.6) is 0 Å². The number of carboxylic acids is 1. The Labute approximate surface area is 75.5 Å². The molecule has 0 spiro atoms. The molecule has 6 heteroatoms. The number of carboxylic acid groups (broad SMARTS) is 1. The topological polar surface area (TPSA) is 95.9 Å². The first-order chi connectivity index (χ1) is 6.07. The molecule has 1 amide bonds. The van der Waals surface area contributed by atoms with Crippen LogP contribution in [0, 0.1) is 0 Å². The van der Waals surface area contributed by atoms with Gasteiger partial charge >= 0.3 is 12.1 Å². The van der Waals surface area contributed by atoms with Crippen molar-refractivity contribution in [1.29, 1.82) is 0 Å². The van der Waals surface area contributed by atoms with Gasteiger partial charge < -0.3 is 20.3 Å². The van der Waals surface area contributed by atoms with E-state index >= 15 is 0 Å². The van der Waals surface area contributed by atoms with Gasteiger partial charge in [0.15, 0.2) is 0 Å². The van der Waals surface area contributed by atoms with Gasteiger partial charge in [-0.25, -0.2) is 4.79 Å². The van der Waals surface area contributed by atoms with Crippen LogP contribution in [0.15, 0.2) is 0 Å². The molecule has 0 heterocycles. The molecule has 0 radical (unpaired) electrons. The maximum absolute atomic E-state index is 10.8. The summed E-state index contributed by atoms with van der Waals surface area (Å²) in [5.74, 6) is -1.13. The summed E-state index contributed by atoms with van der Waals surface area (Å²) in [6.07, 6.45) is -0.446. The largest absolute Gasteiger partial charge is 0.480 e. The van der Waals surface area contributed by atoms with Gasteiger partial charge in [-0.3, -0.25) is 4.79 Å². The summed E-state index contributed by atoms with van der Waals surface area (Å²) in [7, 11) is 0. The summed E-state index contributed by atoms with van der Waals surface area (Å²) in [5.41, 5.74) is 0. The van der Waals surface area contributed by atoms with Crippen molar-refractivity contribution in [2.45, 2.75) is 19.4 Å². The van der Waals surface area contributed by atoms with Gasteiger partial charge in [0, 0.05) is 13.0 Å². The van der Waals surface area contributed by atoms with Crippen LogP contribution >= 0.6 is 0 Å². The van der Waals surface area contributed by atoms with Crippen molar-refractivity contribution < 1.29 is 24.5 Å². The Morgan fingerprint density at radius 3 is 2.62 bits per heavy atom. The Bertz CT molecular complexity index is 182. The fourth-order valence-electron chi connectivity index (χ4n) is 0.510. The number of hydrogen-bond donors (Lipinski definition) is 3. The number of amides is 1. The van der Waals surface area contributed by atoms with E-state index in [1.807, 2.05) is 0 Å². The van der Waals surface area contributed by atoms with E-state index in [4.69, 9.17) is 10.2 Å². The van der Waals surface area contributed by atoms with E-state index in [0.29, 0.717) is 6.42 Å². The Morgan fingerprint density at radius 1 is 1.54 bits per heavy atom. The molecule has 0 aromatic carbocycles. The van der Waals surface area contributed by atoms with Crippen LogP contribution in [0.25, 0.3) is 0 Å². The van der Waals surface area contributed by atoms with Crippen molar-refractivity contribution in [2.75, 3.05) is 13.2 Å². The van der Waals surface area contributed by atoms with Gasteiger partial charge in [0.1, 0.15) is 6.04 Å². The zero-order valence-corrected chi connectivity index (χ0v) is 7.32. The first-order valence-corrected chi connectivity index (χ1v) is 3.85. The van der Waals surface area contributed by atoms with E-state index in [-0.39, 0.29) is 13.2 Å². The lowest BCUT2D eigenvalue weighted by Crippen LogP contribution is -2.38. The average Bonchev–Trinajstić information content (AvgIpc) is 2.04. The number of carbonyl (C=O) groups excluding carboxylic acids is 1. The molecule has 0 unspecified atom stereocenters. The van der Waals surface area contributed by atoms with Crippen LogP contribution in [0.4, 0.5) is 4.79 Å². The van der Waals surface area contributed by atoms with Gasteiger partial charge in [-0.2, -0.15) is 0 Å². The van der Waals surface area contributed by atoms with Crippen molar-refractivity contribution in [1.82, 2.24) is 5.32 Å². The lowest BCUT2D eigenvalue weighted by molar-refractivity contribution is -0.138. The fraction of sp³-hybridized carbons (Fsp3) is 0.714. The maximum atomic E-state index is 10.8. The molecular weight excluding hydrogens is 178 g/mol. The SMILES string of the molecule is C[C@H](NC(=O)OCCCO)C(=O)O. The maximum Gasteiger partial charge on any atom is 0.407 e. The van der Waals surface area contributed by atoms with Gasteiger partial charge in [-0.1, -0.05) is 0 Å². The molecule has 0 rings (SSSR count). The predicted molar refractivity (Wildman–Crippen MR) is 43.3 cm³/mol. The first kappa shape index (κ1) is 11.7. The number of aliphatic hydroxyl groups excluding tert-OH is 1. The minimum atomic E-state index is -1.13. The molecule has 0 bridgehead atoms. The van der Waals surface area contributed by atoms with E-state index in [2.05, 4.69) is 10.1 Å². The normalized spacial score (nSPS) is 11.8. The van der Waals surface area contributed by atoms with Crippen molar-refractivity contribution in [3.05, 3.63) is 0 Å². The Morgan fingerprint density at radius 2 is 2.15 bits per heavy atom. The highest BCUT2D eigenvalue weighted by Crippen LogP contribution is 1.86. The number of nitrogens with one attached hydrogen (secondary N) is 1. The van der Waals surface area contributed by atoms with Crippen LogP contribution in [0.1, 0.15) is 13.3 Å².